The van der Waals surface area contributed by atoms with Crippen LogP contribution >= 0.6 is 11.6 Å². The molecule has 4 aromatic rings. The molecule has 0 saturated carbocycles. The number of carbonyl (C=O) groups excluding carboxylic acids is 1. The number of halogens is 4. The first-order valence-corrected chi connectivity index (χ1v) is 11.7. The second-order valence-electron chi connectivity index (χ2n) is 8.81. The van der Waals surface area contributed by atoms with Crippen molar-refractivity contribution in [1.29, 1.82) is 0 Å². The van der Waals surface area contributed by atoms with Gasteiger partial charge in [0.2, 0.25) is 0 Å². The number of benzene rings is 2. The Morgan fingerprint density at radius 1 is 1.11 bits per heavy atom. The van der Waals surface area contributed by atoms with Gasteiger partial charge in [0.15, 0.2) is 11.5 Å². The fourth-order valence-corrected chi connectivity index (χ4v) is 5.00. The minimum atomic E-state index is -4.62. The fraction of sp³-hybridized carbons (Fsp3) is 0.333. The molecule has 1 fully saturated rings. The lowest BCUT2D eigenvalue weighted by atomic mass is 9.97. The van der Waals surface area contributed by atoms with Gasteiger partial charge in [0.05, 0.1) is 59.3 Å². The van der Waals surface area contributed by atoms with Crippen LogP contribution in [0.15, 0.2) is 36.7 Å². The van der Waals surface area contributed by atoms with E-state index in [0.717, 1.165) is 6.07 Å². The van der Waals surface area contributed by atoms with Gasteiger partial charge < -0.3 is 19.4 Å². The average Bonchev–Trinajstić information content (AvgIpc) is 3.61. The van der Waals surface area contributed by atoms with E-state index in [1.807, 2.05) is 6.92 Å². The molecule has 3 heterocycles. The van der Waals surface area contributed by atoms with Crippen LogP contribution in [0.2, 0.25) is 5.02 Å². The highest BCUT2D eigenvalue weighted by Crippen LogP contribution is 2.42. The molecule has 0 aliphatic carbocycles. The Hall–Kier alpha value is -3.80. The largest absolute Gasteiger partial charge is 0.493 e. The predicted octanol–water partition coefficient (Wildman–Crippen LogP) is 4.98. The van der Waals surface area contributed by atoms with Gasteiger partial charge in [-0.1, -0.05) is 11.6 Å². The third-order valence-corrected chi connectivity index (χ3v) is 6.95. The number of hydrogen-bond donors (Lipinski definition) is 1. The molecular formula is C24H22ClF3N6O3. The summed E-state index contributed by atoms with van der Waals surface area (Å²) >= 11 is 5.90. The lowest BCUT2D eigenvalue weighted by Gasteiger charge is -2.34. The van der Waals surface area contributed by atoms with Crippen molar-refractivity contribution in [2.45, 2.75) is 31.5 Å². The summed E-state index contributed by atoms with van der Waals surface area (Å²) in [5, 5.41) is 7.90. The van der Waals surface area contributed by atoms with Gasteiger partial charge in [-0.05, 0) is 38.0 Å². The van der Waals surface area contributed by atoms with E-state index >= 15 is 0 Å². The third kappa shape index (κ3) is 4.14. The number of hydrogen-bond acceptors (Lipinski definition) is 6. The van der Waals surface area contributed by atoms with Crippen molar-refractivity contribution in [1.82, 2.24) is 29.9 Å². The second kappa shape index (κ2) is 8.94. The maximum absolute atomic E-state index is 14.0. The van der Waals surface area contributed by atoms with E-state index in [0.29, 0.717) is 47.9 Å². The van der Waals surface area contributed by atoms with E-state index in [-0.39, 0.29) is 17.0 Å². The van der Waals surface area contributed by atoms with E-state index in [1.54, 1.807) is 17.0 Å². The van der Waals surface area contributed by atoms with Crippen molar-refractivity contribution in [3.8, 4) is 17.2 Å². The molecule has 1 aliphatic rings. The topological polar surface area (TPSA) is 98.2 Å². The Bertz CT molecular complexity index is 1490. The van der Waals surface area contributed by atoms with Gasteiger partial charge in [-0.2, -0.15) is 28.2 Å². The van der Waals surface area contributed by atoms with Crippen molar-refractivity contribution in [3.05, 3.63) is 58.6 Å². The van der Waals surface area contributed by atoms with Gasteiger partial charge in [-0.25, -0.2) is 4.98 Å². The summed E-state index contributed by atoms with van der Waals surface area (Å²) < 4.78 is 51.0. The van der Waals surface area contributed by atoms with Crippen LogP contribution in [0.25, 0.3) is 16.7 Å². The van der Waals surface area contributed by atoms with Gasteiger partial charge in [0.1, 0.15) is 11.5 Å². The Morgan fingerprint density at radius 3 is 2.43 bits per heavy atom. The Morgan fingerprint density at radius 2 is 1.78 bits per heavy atom. The maximum atomic E-state index is 14.0. The quantitative estimate of drug-likeness (QED) is 0.387. The van der Waals surface area contributed by atoms with E-state index in [4.69, 9.17) is 21.1 Å². The molecule has 0 radical (unpaired) electrons. The number of fused-ring (bicyclic) bond motifs is 1. The Kier molecular flexibility index (Phi) is 6.01. The molecule has 13 heteroatoms. The standard InChI is InChI=1S/C24H22ClF3N6O3/c1-23(22-31-16-10-14(24(26,27)28)15(25)11-17(16)32-22)5-4-8-33(23)21(35)13-9-19(36-2)20(37-3)12-18(13)34-29-6-7-30-34/h6-7,9-12H,4-5,8H2,1-3H3,(H,31,32)/t23-/m0/s1. The van der Waals surface area contributed by atoms with Crippen molar-refractivity contribution in [2.24, 2.45) is 0 Å². The number of carbonyl (C=O) groups is 1. The van der Waals surface area contributed by atoms with Crippen molar-refractivity contribution < 1.29 is 27.4 Å². The summed E-state index contributed by atoms with van der Waals surface area (Å²) in [6.45, 7) is 2.23. The lowest BCUT2D eigenvalue weighted by Crippen LogP contribution is -2.44. The molecule has 1 saturated heterocycles. The molecule has 5 rings (SSSR count). The number of alkyl halides is 3. The molecule has 9 nitrogen and oxygen atoms in total. The molecule has 2 aromatic carbocycles. The minimum absolute atomic E-state index is 0.111. The van der Waals surface area contributed by atoms with Gasteiger partial charge in [-0.3, -0.25) is 4.79 Å². The number of H-pyrrole nitrogens is 1. The monoisotopic (exact) mass is 534 g/mol. The molecule has 0 bridgehead atoms. The van der Waals surface area contributed by atoms with E-state index in [9.17, 15) is 18.0 Å². The van der Waals surface area contributed by atoms with Gasteiger partial charge >= 0.3 is 6.18 Å². The highest BCUT2D eigenvalue weighted by atomic mass is 35.5. The molecule has 0 spiro atoms. The molecule has 1 aliphatic heterocycles. The minimum Gasteiger partial charge on any atom is -0.493 e. The maximum Gasteiger partial charge on any atom is 0.417 e. The molecular weight excluding hydrogens is 513 g/mol. The van der Waals surface area contributed by atoms with Gasteiger partial charge in [-0.15, -0.1) is 0 Å². The SMILES string of the molecule is COc1cc(C(=O)N2CCC[C@@]2(C)c2nc3cc(C(F)(F)F)c(Cl)cc3[nH]2)c(-n2nccn2)cc1OC. The highest BCUT2D eigenvalue weighted by Gasteiger charge is 2.45. The van der Waals surface area contributed by atoms with Gasteiger partial charge in [0.25, 0.3) is 5.91 Å². The van der Waals surface area contributed by atoms with Crippen molar-refractivity contribution in [3.63, 3.8) is 0 Å². The molecule has 0 unspecified atom stereocenters. The summed E-state index contributed by atoms with van der Waals surface area (Å²) in [7, 11) is 2.95. The summed E-state index contributed by atoms with van der Waals surface area (Å²) in [6.07, 6.45) is -0.440. The number of imidazole rings is 1. The lowest BCUT2D eigenvalue weighted by molar-refractivity contribution is -0.137. The number of amides is 1. The molecule has 37 heavy (non-hydrogen) atoms. The van der Waals surface area contributed by atoms with Crippen molar-refractivity contribution >= 4 is 28.5 Å². The van der Waals surface area contributed by atoms with Gasteiger partial charge in [0, 0.05) is 12.6 Å². The zero-order valence-corrected chi connectivity index (χ0v) is 20.8. The normalized spacial score (nSPS) is 18.0. The summed E-state index contributed by atoms with van der Waals surface area (Å²) in [5.41, 5.74) is -0.788. The first-order valence-electron chi connectivity index (χ1n) is 11.3. The van der Waals surface area contributed by atoms with Crippen LogP contribution in [0, 0.1) is 0 Å². The van der Waals surface area contributed by atoms with E-state index < -0.39 is 22.3 Å². The Balaban J connectivity index is 1.60. The summed E-state index contributed by atoms with van der Waals surface area (Å²) in [5.74, 6) is 0.761. The van der Waals surface area contributed by atoms with E-state index in [1.165, 1.54) is 37.5 Å². The summed E-state index contributed by atoms with van der Waals surface area (Å²) in [4.78, 5) is 24.5. The summed E-state index contributed by atoms with van der Waals surface area (Å²) in [6, 6.07) is 5.29. The number of aromatic nitrogens is 5. The zero-order valence-electron chi connectivity index (χ0n) is 20.1. The number of likely N-dealkylation sites (tertiary alicyclic amines) is 1. The van der Waals surface area contributed by atoms with Crippen LogP contribution in [0.4, 0.5) is 13.2 Å². The van der Waals surface area contributed by atoms with Crippen LogP contribution in [-0.4, -0.2) is 56.5 Å². The number of rotatable bonds is 5. The van der Waals surface area contributed by atoms with E-state index in [2.05, 4.69) is 20.2 Å². The zero-order chi connectivity index (χ0) is 26.5. The first-order chi connectivity index (χ1) is 17.6. The molecule has 1 atom stereocenters. The third-order valence-electron chi connectivity index (χ3n) is 6.64. The van der Waals surface area contributed by atoms with Crippen molar-refractivity contribution in [2.75, 3.05) is 20.8 Å². The fourth-order valence-electron chi connectivity index (χ4n) is 4.73. The van der Waals surface area contributed by atoms with Crippen LogP contribution < -0.4 is 9.47 Å². The first kappa shape index (κ1) is 24.9. The number of nitrogens with one attached hydrogen (secondary N) is 1. The number of nitrogens with zero attached hydrogens (tertiary/aromatic N) is 5. The molecule has 2 aromatic heterocycles. The van der Waals surface area contributed by atoms with Crippen LogP contribution in [0.3, 0.4) is 0 Å². The van der Waals surface area contributed by atoms with Crippen LogP contribution in [-0.2, 0) is 11.7 Å². The van der Waals surface area contributed by atoms with Crippen LogP contribution in [0.1, 0.15) is 41.5 Å². The number of ether oxygens (including phenoxy) is 2. The van der Waals surface area contributed by atoms with Crippen LogP contribution in [0.5, 0.6) is 11.5 Å². The molecule has 1 N–H and O–H groups in total. The highest BCUT2D eigenvalue weighted by molar-refractivity contribution is 6.32. The second-order valence-corrected chi connectivity index (χ2v) is 9.22. The smallest absolute Gasteiger partial charge is 0.417 e. The number of methoxy groups -OCH3 is 2. The average molecular weight is 535 g/mol. The predicted molar refractivity (Wildman–Crippen MR) is 128 cm³/mol. The molecule has 1 amide bonds. The number of aromatic amines is 1. The Labute approximate surface area is 214 Å². The molecule has 194 valence electrons.